The highest BCUT2D eigenvalue weighted by molar-refractivity contribution is 5.96. The Kier molecular flexibility index (Phi) is 3.88. The normalized spacial score (nSPS) is 12.6. The van der Waals surface area contributed by atoms with E-state index in [9.17, 15) is 9.90 Å². The van der Waals surface area contributed by atoms with E-state index in [2.05, 4.69) is 20.6 Å². The summed E-state index contributed by atoms with van der Waals surface area (Å²) in [6, 6.07) is 17.9. The van der Waals surface area contributed by atoms with Crippen LogP contribution >= 0.6 is 0 Å². The van der Waals surface area contributed by atoms with E-state index in [4.69, 9.17) is 5.73 Å². The standard InChI is InChI=1S/C21H17N7O2/c1-27-17-8-6-13(25-24-12-7-9-19(29)14(10-12)20(22)30)11-18(17)28-16-5-3-2-4-15(16)23-21(28)26-27/h2-11,29H,1H3,(H2,22,30)(H,23,26). The zero-order valence-corrected chi connectivity index (χ0v) is 15.9. The summed E-state index contributed by atoms with van der Waals surface area (Å²) >= 11 is 0. The summed E-state index contributed by atoms with van der Waals surface area (Å²) in [6.07, 6.45) is 0. The van der Waals surface area contributed by atoms with Gasteiger partial charge in [0.05, 0.1) is 39.3 Å². The summed E-state index contributed by atoms with van der Waals surface area (Å²) < 4.78 is 2.04. The van der Waals surface area contributed by atoms with Gasteiger partial charge in [-0.05, 0) is 48.5 Å². The Morgan fingerprint density at radius 2 is 1.77 bits per heavy atom. The summed E-state index contributed by atoms with van der Waals surface area (Å²) in [4.78, 5) is 16.1. The van der Waals surface area contributed by atoms with Crippen LogP contribution in [0.1, 0.15) is 10.4 Å². The van der Waals surface area contributed by atoms with E-state index in [0.717, 1.165) is 22.4 Å². The Morgan fingerprint density at radius 1 is 1.03 bits per heavy atom. The van der Waals surface area contributed by atoms with Crippen LogP contribution in [0.2, 0.25) is 0 Å². The zero-order valence-electron chi connectivity index (χ0n) is 15.9. The summed E-state index contributed by atoms with van der Waals surface area (Å²) in [6.45, 7) is 0. The molecule has 3 aromatic carbocycles. The van der Waals surface area contributed by atoms with E-state index >= 15 is 0 Å². The van der Waals surface area contributed by atoms with Crippen molar-refractivity contribution in [3.8, 4) is 11.4 Å². The maximum absolute atomic E-state index is 11.4. The van der Waals surface area contributed by atoms with Crippen molar-refractivity contribution in [2.45, 2.75) is 0 Å². The first-order valence-corrected chi connectivity index (χ1v) is 9.18. The van der Waals surface area contributed by atoms with Crippen molar-refractivity contribution >= 4 is 40.0 Å². The van der Waals surface area contributed by atoms with Gasteiger partial charge in [-0.3, -0.25) is 19.8 Å². The number of hydrazine groups is 1. The van der Waals surface area contributed by atoms with Gasteiger partial charge in [-0.2, -0.15) is 10.2 Å². The Balaban J connectivity index is 1.57. The number of primary amides is 1. The molecular weight excluding hydrogens is 382 g/mol. The number of azo groups is 1. The zero-order chi connectivity index (χ0) is 20.8. The average Bonchev–Trinajstić information content (AvgIpc) is 3.11. The smallest absolute Gasteiger partial charge is 0.252 e. The molecule has 4 aromatic rings. The average molecular weight is 399 g/mol. The number of anilines is 2. The molecule has 9 heteroatoms. The molecule has 1 amide bonds. The molecule has 0 aliphatic carbocycles. The molecule has 2 heterocycles. The fourth-order valence-electron chi connectivity index (χ4n) is 3.49. The Hall–Kier alpha value is -4.40. The third-order valence-corrected chi connectivity index (χ3v) is 4.92. The summed E-state index contributed by atoms with van der Waals surface area (Å²) in [5, 5.41) is 20.1. The van der Waals surface area contributed by atoms with Gasteiger partial charge >= 0.3 is 0 Å². The number of amides is 1. The molecule has 0 unspecified atom stereocenters. The molecule has 5 rings (SSSR count). The minimum atomic E-state index is -0.728. The second-order valence-electron chi connectivity index (χ2n) is 6.87. The molecule has 1 aliphatic rings. The Labute approximate surface area is 171 Å². The number of nitrogens with zero attached hydrogens (tertiary/aromatic N) is 5. The van der Waals surface area contributed by atoms with Crippen LogP contribution in [0.5, 0.6) is 5.75 Å². The predicted octanol–water partition coefficient (Wildman–Crippen LogP) is 4.02. The van der Waals surface area contributed by atoms with E-state index in [1.54, 1.807) is 6.07 Å². The van der Waals surface area contributed by atoms with Crippen LogP contribution in [0.3, 0.4) is 0 Å². The minimum Gasteiger partial charge on any atom is -0.507 e. The van der Waals surface area contributed by atoms with Gasteiger partial charge in [0.15, 0.2) is 0 Å². The van der Waals surface area contributed by atoms with E-state index < -0.39 is 5.91 Å². The number of aromatic hydroxyl groups is 1. The van der Waals surface area contributed by atoms with E-state index in [1.165, 1.54) is 12.1 Å². The lowest BCUT2D eigenvalue weighted by Gasteiger charge is -2.29. The number of carbonyl (C=O) groups is 1. The van der Waals surface area contributed by atoms with Crippen molar-refractivity contribution in [1.82, 2.24) is 9.55 Å². The maximum atomic E-state index is 11.4. The molecule has 0 fully saturated rings. The van der Waals surface area contributed by atoms with Gasteiger partial charge in [0.1, 0.15) is 5.75 Å². The quantitative estimate of drug-likeness (QED) is 0.449. The molecule has 0 spiro atoms. The number of para-hydroxylation sites is 2. The van der Waals surface area contributed by atoms with Gasteiger partial charge in [-0.15, -0.1) is 0 Å². The van der Waals surface area contributed by atoms with Crippen LogP contribution in [0.25, 0.3) is 16.7 Å². The number of rotatable bonds is 3. The van der Waals surface area contributed by atoms with E-state index in [-0.39, 0.29) is 11.3 Å². The molecule has 0 saturated heterocycles. The van der Waals surface area contributed by atoms with Crippen LogP contribution in [0.15, 0.2) is 70.9 Å². The molecule has 30 heavy (non-hydrogen) atoms. The largest absolute Gasteiger partial charge is 0.507 e. The third kappa shape index (κ3) is 2.80. The lowest BCUT2D eigenvalue weighted by Crippen LogP contribution is -2.31. The SMILES string of the molecule is CN1Nc2nc3ccccc3n2-c2cc(N=Nc3ccc(O)c(C(N)=O)c3)ccc21. The number of fused-ring (bicyclic) bond motifs is 5. The predicted molar refractivity (Wildman–Crippen MR) is 114 cm³/mol. The molecule has 9 nitrogen and oxygen atoms in total. The molecule has 1 aliphatic heterocycles. The van der Waals surface area contributed by atoms with Crippen molar-refractivity contribution in [3.63, 3.8) is 0 Å². The van der Waals surface area contributed by atoms with Crippen LogP contribution in [0, 0.1) is 0 Å². The van der Waals surface area contributed by atoms with Crippen molar-refractivity contribution in [1.29, 1.82) is 0 Å². The number of aromatic nitrogens is 2. The van der Waals surface area contributed by atoms with Gasteiger partial charge in [-0.1, -0.05) is 12.1 Å². The molecule has 1 aromatic heterocycles. The van der Waals surface area contributed by atoms with Crippen molar-refractivity contribution in [2.75, 3.05) is 17.5 Å². The fourth-order valence-corrected chi connectivity index (χ4v) is 3.49. The first-order valence-electron chi connectivity index (χ1n) is 9.18. The number of carbonyl (C=O) groups excluding carboxylic acids is 1. The molecule has 0 atom stereocenters. The second-order valence-corrected chi connectivity index (χ2v) is 6.87. The van der Waals surface area contributed by atoms with Crippen LogP contribution in [0.4, 0.5) is 23.0 Å². The number of hydrogen-bond donors (Lipinski definition) is 3. The summed E-state index contributed by atoms with van der Waals surface area (Å²) in [5.41, 5.74) is 13.3. The third-order valence-electron chi connectivity index (χ3n) is 4.92. The number of hydrogen-bond acceptors (Lipinski definition) is 7. The molecule has 0 saturated carbocycles. The first-order chi connectivity index (χ1) is 14.5. The molecule has 0 radical (unpaired) electrons. The van der Waals surface area contributed by atoms with Gasteiger partial charge in [0.25, 0.3) is 5.91 Å². The lowest BCUT2D eigenvalue weighted by molar-refractivity contribution is 0.0998. The highest BCUT2D eigenvalue weighted by Crippen LogP contribution is 2.37. The summed E-state index contributed by atoms with van der Waals surface area (Å²) in [7, 11) is 1.92. The van der Waals surface area contributed by atoms with E-state index in [1.807, 2.05) is 59.1 Å². The van der Waals surface area contributed by atoms with Crippen molar-refractivity contribution < 1.29 is 9.90 Å². The van der Waals surface area contributed by atoms with Crippen LogP contribution < -0.4 is 16.2 Å². The van der Waals surface area contributed by atoms with Gasteiger partial charge in [-0.25, -0.2) is 4.98 Å². The molecule has 4 N–H and O–H groups in total. The molecule has 0 bridgehead atoms. The van der Waals surface area contributed by atoms with Crippen molar-refractivity contribution in [3.05, 3.63) is 66.2 Å². The fraction of sp³-hybridized carbons (Fsp3) is 0.0476. The Morgan fingerprint density at radius 3 is 2.57 bits per heavy atom. The van der Waals surface area contributed by atoms with Crippen molar-refractivity contribution in [2.24, 2.45) is 16.0 Å². The summed E-state index contributed by atoms with van der Waals surface area (Å²) in [5.74, 6) is -0.205. The first kappa shape index (κ1) is 17.7. The minimum absolute atomic E-state index is 0.000817. The number of phenols is 1. The van der Waals surface area contributed by atoms with Crippen LogP contribution in [-0.2, 0) is 0 Å². The number of benzene rings is 3. The highest BCUT2D eigenvalue weighted by Gasteiger charge is 2.23. The molecular formula is C21H17N7O2. The maximum Gasteiger partial charge on any atom is 0.252 e. The second kappa shape index (κ2) is 6.59. The van der Waals surface area contributed by atoms with E-state index in [0.29, 0.717) is 17.3 Å². The number of imidazole rings is 1. The monoisotopic (exact) mass is 399 g/mol. The van der Waals surface area contributed by atoms with Gasteiger partial charge in [0.2, 0.25) is 5.95 Å². The lowest BCUT2D eigenvalue weighted by atomic mass is 10.1. The number of nitrogens with two attached hydrogens (primary N) is 1. The van der Waals surface area contributed by atoms with Crippen LogP contribution in [-0.4, -0.2) is 27.6 Å². The number of nitrogens with one attached hydrogen (secondary N) is 1. The highest BCUT2D eigenvalue weighted by atomic mass is 16.3. The van der Waals surface area contributed by atoms with Gasteiger partial charge in [0, 0.05) is 7.05 Å². The van der Waals surface area contributed by atoms with Gasteiger partial charge < -0.3 is 10.8 Å². The Bertz CT molecular complexity index is 1340. The topological polar surface area (TPSA) is 121 Å². The molecule has 148 valence electrons.